The van der Waals surface area contributed by atoms with E-state index in [1.165, 1.54) is 12.1 Å². The van der Waals surface area contributed by atoms with Gasteiger partial charge in [-0.1, -0.05) is 12.1 Å². The van der Waals surface area contributed by atoms with E-state index in [9.17, 15) is 13.2 Å². The summed E-state index contributed by atoms with van der Waals surface area (Å²) < 4.78 is 40.4. The first kappa shape index (κ1) is 16.0. The Bertz CT molecular complexity index is 664. The predicted molar refractivity (Wildman–Crippen MR) is 82.0 cm³/mol. The van der Waals surface area contributed by atoms with Gasteiger partial charge < -0.3 is 15.4 Å². The molecule has 0 atom stereocenters. The third kappa shape index (κ3) is 3.63. The summed E-state index contributed by atoms with van der Waals surface area (Å²) in [6.45, 7) is 1.91. The van der Waals surface area contributed by atoms with E-state index in [2.05, 4.69) is 4.74 Å². The zero-order chi connectivity index (χ0) is 16.5. The number of nitrogens with two attached hydrogens (primary N) is 1. The fourth-order valence-electron chi connectivity index (χ4n) is 2.15. The van der Waals surface area contributed by atoms with Crippen LogP contribution in [-0.2, 0) is 0 Å². The van der Waals surface area contributed by atoms with E-state index in [1.807, 2.05) is 38.1 Å². The first-order valence-electron chi connectivity index (χ1n) is 6.61. The average molecular weight is 310 g/mol. The van der Waals surface area contributed by atoms with Gasteiger partial charge >= 0.3 is 6.36 Å². The van der Waals surface area contributed by atoms with Gasteiger partial charge in [-0.15, -0.1) is 13.2 Å². The second kappa shape index (κ2) is 5.79. The fourth-order valence-corrected chi connectivity index (χ4v) is 2.15. The maximum Gasteiger partial charge on any atom is 0.573 e. The molecule has 2 N–H and O–H groups in total. The smallest absolute Gasteiger partial charge is 0.406 e. The number of ether oxygens (including phenoxy) is 1. The molecule has 0 heterocycles. The third-order valence-corrected chi connectivity index (χ3v) is 3.27. The topological polar surface area (TPSA) is 38.5 Å². The molecule has 0 fully saturated rings. The van der Waals surface area contributed by atoms with Crippen molar-refractivity contribution in [3.05, 3.63) is 42.0 Å². The highest BCUT2D eigenvalue weighted by Gasteiger charge is 2.31. The molecular formula is C16H17F3N2O. The van der Waals surface area contributed by atoms with E-state index in [0.29, 0.717) is 5.69 Å². The number of rotatable bonds is 3. The van der Waals surface area contributed by atoms with Crippen molar-refractivity contribution in [3.8, 4) is 16.9 Å². The third-order valence-electron chi connectivity index (χ3n) is 3.27. The summed E-state index contributed by atoms with van der Waals surface area (Å²) in [6.07, 6.45) is -4.69. The van der Waals surface area contributed by atoms with Crippen LogP contribution in [0.1, 0.15) is 5.56 Å². The largest absolute Gasteiger partial charge is 0.573 e. The number of nitrogens with zero attached hydrogens (tertiary/aromatic N) is 1. The minimum atomic E-state index is -4.69. The SMILES string of the molecule is Cc1cc(N(C)C)c(-c2ccc(OC(F)(F)F)cc2)cc1N. The maximum absolute atomic E-state index is 12.2. The molecule has 2 aromatic carbocycles. The Morgan fingerprint density at radius 1 is 1.05 bits per heavy atom. The Morgan fingerprint density at radius 2 is 1.64 bits per heavy atom. The Labute approximate surface area is 127 Å². The lowest BCUT2D eigenvalue weighted by atomic mass is 10.00. The van der Waals surface area contributed by atoms with Gasteiger partial charge in [-0.3, -0.25) is 0 Å². The molecule has 118 valence electrons. The van der Waals surface area contributed by atoms with Crippen LogP contribution in [0.5, 0.6) is 5.75 Å². The molecule has 2 aromatic rings. The summed E-state index contributed by atoms with van der Waals surface area (Å²) in [6, 6.07) is 9.52. The second-order valence-electron chi connectivity index (χ2n) is 5.19. The number of anilines is 2. The van der Waals surface area contributed by atoms with Gasteiger partial charge in [-0.2, -0.15) is 0 Å². The van der Waals surface area contributed by atoms with Crippen LogP contribution in [-0.4, -0.2) is 20.5 Å². The summed E-state index contributed by atoms with van der Waals surface area (Å²) in [5, 5.41) is 0. The summed E-state index contributed by atoms with van der Waals surface area (Å²) in [5.74, 6) is -0.247. The van der Waals surface area contributed by atoms with Crippen molar-refractivity contribution < 1.29 is 17.9 Å². The van der Waals surface area contributed by atoms with Crippen LogP contribution >= 0.6 is 0 Å². The first-order chi connectivity index (χ1) is 10.2. The van der Waals surface area contributed by atoms with Crippen molar-refractivity contribution in [1.82, 2.24) is 0 Å². The number of aryl methyl sites for hydroxylation is 1. The van der Waals surface area contributed by atoms with E-state index in [1.54, 1.807) is 12.1 Å². The number of hydrogen-bond acceptors (Lipinski definition) is 3. The molecule has 3 nitrogen and oxygen atoms in total. The van der Waals surface area contributed by atoms with Gasteiger partial charge in [0, 0.05) is 31.0 Å². The molecule has 0 amide bonds. The van der Waals surface area contributed by atoms with Crippen molar-refractivity contribution in [3.63, 3.8) is 0 Å². The highest BCUT2D eigenvalue weighted by Crippen LogP contribution is 2.35. The van der Waals surface area contributed by atoms with E-state index in [0.717, 1.165) is 22.4 Å². The van der Waals surface area contributed by atoms with Gasteiger partial charge in [0.25, 0.3) is 0 Å². The van der Waals surface area contributed by atoms with Crippen LogP contribution in [0.3, 0.4) is 0 Å². The molecule has 0 spiro atoms. The van der Waals surface area contributed by atoms with Crippen molar-refractivity contribution in [2.45, 2.75) is 13.3 Å². The molecule has 0 bridgehead atoms. The Balaban J connectivity index is 2.42. The first-order valence-corrected chi connectivity index (χ1v) is 6.61. The maximum atomic E-state index is 12.2. The van der Waals surface area contributed by atoms with E-state index in [4.69, 9.17) is 5.73 Å². The van der Waals surface area contributed by atoms with Gasteiger partial charge in [0.1, 0.15) is 5.75 Å². The molecule has 0 radical (unpaired) electrons. The highest BCUT2D eigenvalue weighted by atomic mass is 19.4. The Hall–Kier alpha value is -2.37. The highest BCUT2D eigenvalue weighted by molar-refractivity contribution is 5.82. The Morgan fingerprint density at radius 3 is 2.14 bits per heavy atom. The lowest BCUT2D eigenvalue weighted by Gasteiger charge is -2.20. The summed E-state index contributed by atoms with van der Waals surface area (Å²) >= 11 is 0. The standard InChI is InChI=1S/C16H17F3N2O/c1-10-8-15(21(2)3)13(9-14(10)20)11-4-6-12(7-5-11)22-16(17,18)19/h4-9H,20H2,1-3H3. The normalized spacial score (nSPS) is 11.4. The molecule has 22 heavy (non-hydrogen) atoms. The lowest BCUT2D eigenvalue weighted by Crippen LogP contribution is -2.17. The van der Waals surface area contributed by atoms with Crippen LogP contribution in [0.25, 0.3) is 11.1 Å². The molecule has 0 aliphatic rings. The van der Waals surface area contributed by atoms with Crippen LogP contribution < -0.4 is 15.4 Å². The van der Waals surface area contributed by atoms with Crippen LogP contribution in [0.2, 0.25) is 0 Å². The molecule has 2 rings (SSSR count). The minimum Gasteiger partial charge on any atom is -0.406 e. The molecule has 0 saturated carbocycles. The zero-order valence-corrected chi connectivity index (χ0v) is 12.5. The quantitative estimate of drug-likeness (QED) is 0.863. The molecule has 0 unspecified atom stereocenters. The predicted octanol–water partition coefficient (Wildman–Crippen LogP) is 4.21. The van der Waals surface area contributed by atoms with Gasteiger partial charge in [0.05, 0.1) is 0 Å². The number of halogens is 3. The molecule has 6 heteroatoms. The van der Waals surface area contributed by atoms with Crippen molar-refractivity contribution in [2.24, 2.45) is 0 Å². The monoisotopic (exact) mass is 310 g/mol. The van der Waals surface area contributed by atoms with E-state index >= 15 is 0 Å². The lowest BCUT2D eigenvalue weighted by molar-refractivity contribution is -0.274. The van der Waals surface area contributed by atoms with Crippen LogP contribution in [0.4, 0.5) is 24.5 Å². The molecule has 0 saturated heterocycles. The number of hydrogen-bond donors (Lipinski definition) is 1. The minimum absolute atomic E-state index is 0.247. The van der Waals surface area contributed by atoms with Crippen molar-refractivity contribution in [2.75, 3.05) is 24.7 Å². The van der Waals surface area contributed by atoms with Gasteiger partial charge in [0.2, 0.25) is 0 Å². The molecule has 0 aromatic heterocycles. The van der Waals surface area contributed by atoms with Crippen molar-refractivity contribution in [1.29, 1.82) is 0 Å². The van der Waals surface area contributed by atoms with E-state index < -0.39 is 6.36 Å². The Kier molecular flexibility index (Phi) is 4.21. The van der Waals surface area contributed by atoms with Crippen molar-refractivity contribution >= 4 is 11.4 Å². The second-order valence-corrected chi connectivity index (χ2v) is 5.19. The summed E-state index contributed by atoms with van der Waals surface area (Å²) in [5.41, 5.74) is 10.1. The molecular weight excluding hydrogens is 293 g/mol. The summed E-state index contributed by atoms with van der Waals surface area (Å²) in [7, 11) is 3.80. The number of nitrogen functional groups attached to an aromatic ring is 1. The number of benzene rings is 2. The van der Waals surface area contributed by atoms with Crippen LogP contribution in [0.15, 0.2) is 36.4 Å². The zero-order valence-electron chi connectivity index (χ0n) is 12.5. The molecule has 0 aliphatic carbocycles. The number of alkyl halides is 3. The van der Waals surface area contributed by atoms with Gasteiger partial charge in [0.15, 0.2) is 0 Å². The summed E-state index contributed by atoms with van der Waals surface area (Å²) in [4.78, 5) is 1.93. The van der Waals surface area contributed by atoms with Gasteiger partial charge in [-0.25, -0.2) is 0 Å². The average Bonchev–Trinajstić information content (AvgIpc) is 2.40. The molecule has 0 aliphatic heterocycles. The fraction of sp³-hybridized carbons (Fsp3) is 0.250. The van der Waals surface area contributed by atoms with Gasteiger partial charge in [-0.05, 0) is 42.3 Å². The van der Waals surface area contributed by atoms with E-state index in [-0.39, 0.29) is 5.75 Å². The van der Waals surface area contributed by atoms with Crippen LogP contribution in [0, 0.1) is 6.92 Å².